The summed E-state index contributed by atoms with van der Waals surface area (Å²) in [5, 5.41) is 5.45. The molecule has 0 saturated carbocycles. The van der Waals surface area contributed by atoms with Gasteiger partial charge in [0.15, 0.2) is 0 Å². The number of fused-ring (bicyclic) bond motifs is 12. The maximum atomic E-state index is 4.14. The molecule has 1 nitrogen and oxygen atoms in total. The molecule has 0 bridgehead atoms. The molecule has 0 N–H and O–H groups in total. The Kier molecular flexibility index (Phi) is 4.48. The van der Waals surface area contributed by atoms with Crippen molar-refractivity contribution in [3.05, 3.63) is 126 Å². The van der Waals surface area contributed by atoms with Crippen LogP contribution in [0.15, 0.2) is 115 Å². The molecule has 0 saturated heterocycles. The third-order valence-electron chi connectivity index (χ3n) is 8.60. The van der Waals surface area contributed by atoms with Gasteiger partial charge in [-0.25, -0.2) is 0 Å². The third kappa shape index (κ3) is 2.85. The number of aromatic nitrogens is 1. The summed E-state index contributed by atoms with van der Waals surface area (Å²) >= 11 is 1.96. The lowest BCUT2D eigenvalue weighted by Crippen LogP contribution is -2.16. The zero-order valence-corrected chi connectivity index (χ0v) is 21.6. The van der Waals surface area contributed by atoms with Gasteiger partial charge in [0.2, 0.25) is 0 Å². The van der Waals surface area contributed by atoms with Crippen molar-refractivity contribution in [2.75, 3.05) is 0 Å². The first-order valence-electron chi connectivity index (χ1n) is 13.2. The Morgan fingerprint density at radius 1 is 0.892 bits per heavy atom. The maximum Gasteiger partial charge on any atom is 0.0682 e. The van der Waals surface area contributed by atoms with Crippen molar-refractivity contribution in [2.24, 2.45) is 5.92 Å². The van der Waals surface area contributed by atoms with Crippen LogP contribution in [0.5, 0.6) is 0 Å². The van der Waals surface area contributed by atoms with E-state index in [1.54, 1.807) is 0 Å². The highest BCUT2D eigenvalue weighted by Gasteiger charge is 2.39. The van der Waals surface area contributed by atoms with E-state index in [1.807, 2.05) is 17.4 Å². The lowest BCUT2D eigenvalue weighted by Gasteiger charge is -2.32. The maximum absolute atomic E-state index is 4.14. The number of rotatable bonds is 2. The van der Waals surface area contributed by atoms with Gasteiger partial charge < -0.3 is 4.57 Å². The van der Waals surface area contributed by atoms with Gasteiger partial charge in [0.25, 0.3) is 0 Å². The van der Waals surface area contributed by atoms with Crippen LogP contribution in [0.1, 0.15) is 36.3 Å². The van der Waals surface area contributed by atoms with Crippen molar-refractivity contribution in [3.8, 4) is 10.6 Å². The molecule has 37 heavy (non-hydrogen) atoms. The molecule has 0 spiro atoms. The van der Waals surface area contributed by atoms with Crippen LogP contribution in [0.4, 0.5) is 0 Å². The van der Waals surface area contributed by atoms with Gasteiger partial charge in [-0.3, -0.25) is 0 Å². The Morgan fingerprint density at radius 2 is 1.65 bits per heavy atom. The average Bonchev–Trinajstić information content (AvgIpc) is 3.50. The van der Waals surface area contributed by atoms with E-state index < -0.39 is 0 Å². The van der Waals surface area contributed by atoms with Crippen molar-refractivity contribution < 1.29 is 0 Å². The predicted molar refractivity (Wildman–Crippen MR) is 160 cm³/mol. The number of allylic oxidation sites excluding steroid dienone is 9. The van der Waals surface area contributed by atoms with Crippen molar-refractivity contribution in [1.82, 2.24) is 4.57 Å². The van der Waals surface area contributed by atoms with Gasteiger partial charge in [0, 0.05) is 27.6 Å². The van der Waals surface area contributed by atoms with Crippen molar-refractivity contribution in [1.29, 1.82) is 0 Å². The minimum atomic E-state index is 0.311. The van der Waals surface area contributed by atoms with Gasteiger partial charge >= 0.3 is 0 Å². The van der Waals surface area contributed by atoms with E-state index in [1.165, 1.54) is 64.7 Å². The van der Waals surface area contributed by atoms with Crippen molar-refractivity contribution >= 4 is 48.8 Å². The van der Waals surface area contributed by atoms with Crippen LogP contribution in [-0.2, 0) is 0 Å². The van der Waals surface area contributed by atoms with E-state index in [2.05, 4.69) is 115 Å². The number of hydrogen-bond donors (Lipinski definition) is 0. The van der Waals surface area contributed by atoms with E-state index in [9.17, 15) is 0 Å². The Balaban J connectivity index is 1.58. The van der Waals surface area contributed by atoms with Gasteiger partial charge in [-0.15, -0.1) is 11.3 Å². The molecular weight excluding hydrogens is 466 g/mol. The molecular formula is C35H27NS. The molecule has 0 radical (unpaired) electrons. The molecule has 0 amide bonds. The molecule has 3 aliphatic rings. The summed E-state index contributed by atoms with van der Waals surface area (Å²) in [5.74, 6) is 1.16. The fourth-order valence-electron chi connectivity index (χ4n) is 6.86. The Labute approximate surface area is 221 Å². The van der Waals surface area contributed by atoms with Crippen LogP contribution in [-0.4, -0.2) is 4.57 Å². The first kappa shape index (κ1) is 21.2. The third-order valence-corrected chi connectivity index (χ3v) is 9.80. The summed E-state index contributed by atoms with van der Waals surface area (Å²) < 4.78 is 3.94. The standard InChI is InChI=1S/C35H27NS/c1-3-22-20-24(18-16-21(22)2)36-29-19-17-23-10-4-5-11-25(23)32(29)33-27-13-7-6-12-26(27)31-28-14-8-9-15-30(28)37-35(31)34(33)36/h3-15,17-21,26-27H,1,16H2,2H3. The van der Waals surface area contributed by atoms with Crippen molar-refractivity contribution in [2.45, 2.75) is 25.2 Å². The molecule has 178 valence electrons. The van der Waals surface area contributed by atoms with Crippen LogP contribution in [0, 0.1) is 5.92 Å². The number of thiophene rings is 1. The largest absolute Gasteiger partial charge is 0.308 e. The van der Waals surface area contributed by atoms with E-state index in [0.29, 0.717) is 17.8 Å². The highest BCUT2D eigenvalue weighted by molar-refractivity contribution is 7.22. The quantitative estimate of drug-likeness (QED) is 0.230. The monoisotopic (exact) mass is 493 g/mol. The van der Waals surface area contributed by atoms with Crippen LogP contribution in [0.25, 0.3) is 48.0 Å². The summed E-state index contributed by atoms with van der Waals surface area (Å²) in [6, 6.07) is 22.5. The van der Waals surface area contributed by atoms with Gasteiger partial charge in [0.1, 0.15) is 0 Å². The Bertz CT molecular complexity index is 1900. The van der Waals surface area contributed by atoms with Crippen LogP contribution in [0.3, 0.4) is 0 Å². The number of nitrogens with zero attached hydrogens (tertiary/aromatic N) is 1. The van der Waals surface area contributed by atoms with E-state index >= 15 is 0 Å². The van der Waals surface area contributed by atoms with Gasteiger partial charge in [-0.1, -0.05) is 98.5 Å². The fraction of sp³-hybridized carbons (Fsp3) is 0.143. The molecule has 2 heteroatoms. The SMILES string of the molecule is C=CC1=CC(n2c3c(c4c5ccccc5ccc42)C2C=CC=CC2c2c-3sc3ccccc23)=CCC1C. The highest BCUT2D eigenvalue weighted by atomic mass is 32.1. The zero-order chi connectivity index (χ0) is 24.7. The number of benzene rings is 3. The first-order valence-corrected chi connectivity index (χ1v) is 14.0. The minimum Gasteiger partial charge on any atom is -0.308 e. The Hall–Kier alpha value is -3.88. The molecule has 3 unspecified atom stereocenters. The highest BCUT2D eigenvalue weighted by Crippen LogP contribution is 2.58. The van der Waals surface area contributed by atoms with Crippen LogP contribution in [0.2, 0.25) is 0 Å². The smallest absolute Gasteiger partial charge is 0.0682 e. The van der Waals surface area contributed by atoms with Crippen molar-refractivity contribution in [3.63, 3.8) is 0 Å². The molecule has 5 aromatic rings. The second kappa shape index (κ2) is 7.81. The molecule has 3 aromatic carbocycles. The van der Waals surface area contributed by atoms with Gasteiger partial charge in [-0.2, -0.15) is 0 Å². The second-order valence-electron chi connectivity index (χ2n) is 10.6. The van der Waals surface area contributed by atoms with E-state index in [0.717, 1.165) is 6.42 Å². The molecule has 3 aliphatic carbocycles. The van der Waals surface area contributed by atoms with Crippen LogP contribution >= 0.6 is 11.3 Å². The topological polar surface area (TPSA) is 4.93 Å². The van der Waals surface area contributed by atoms with E-state index in [-0.39, 0.29) is 0 Å². The first-order chi connectivity index (χ1) is 18.2. The van der Waals surface area contributed by atoms with Gasteiger partial charge in [0.05, 0.1) is 16.1 Å². The minimum absolute atomic E-state index is 0.311. The fourth-order valence-corrected chi connectivity index (χ4v) is 8.17. The summed E-state index contributed by atoms with van der Waals surface area (Å²) in [4.78, 5) is 1.42. The lowest BCUT2D eigenvalue weighted by molar-refractivity contribution is 0.702. The molecule has 0 aliphatic heterocycles. The molecule has 2 heterocycles. The normalized spacial score (nSPS) is 22.0. The Morgan fingerprint density at radius 3 is 2.49 bits per heavy atom. The second-order valence-corrected chi connectivity index (χ2v) is 11.6. The zero-order valence-electron chi connectivity index (χ0n) is 20.8. The summed E-state index contributed by atoms with van der Waals surface area (Å²) in [7, 11) is 0. The summed E-state index contributed by atoms with van der Waals surface area (Å²) in [6.07, 6.45) is 17.2. The lowest BCUT2D eigenvalue weighted by atomic mass is 9.72. The molecule has 8 rings (SSSR count). The van der Waals surface area contributed by atoms with E-state index in [4.69, 9.17) is 0 Å². The average molecular weight is 494 g/mol. The summed E-state index contributed by atoms with van der Waals surface area (Å²) in [6.45, 7) is 6.44. The summed E-state index contributed by atoms with van der Waals surface area (Å²) in [5.41, 5.74) is 8.24. The molecule has 2 aromatic heterocycles. The molecule has 3 atom stereocenters. The predicted octanol–water partition coefficient (Wildman–Crippen LogP) is 9.98. The van der Waals surface area contributed by atoms with Crippen LogP contribution < -0.4 is 0 Å². The number of hydrogen-bond acceptors (Lipinski definition) is 1. The molecule has 0 fully saturated rings. The van der Waals surface area contributed by atoms with Gasteiger partial charge in [-0.05, 0) is 63.4 Å².